The predicted molar refractivity (Wildman–Crippen MR) is 161 cm³/mol. The van der Waals surface area contributed by atoms with Crippen LogP contribution in [0.2, 0.25) is 0 Å². The van der Waals surface area contributed by atoms with Gasteiger partial charge in [0.2, 0.25) is 5.95 Å². The molecule has 45 heavy (non-hydrogen) atoms. The van der Waals surface area contributed by atoms with Crippen LogP contribution >= 0.6 is 15.9 Å². The summed E-state index contributed by atoms with van der Waals surface area (Å²) in [6.45, 7) is 1.67. The van der Waals surface area contributed by atoms with E-state index in [1.165, 1.54) is 41.0 Å². The summed E-state index contributed by atoms with van der Waals surface area (Å²) in [5.74, 6) is -0.949. The van der Waals surface area contributed by atoms with Gasteiger partial charge in [0.05, 0.1) is 29.6 Å². The van der Waals surface area contributed by atoms with Gasteiger partial charge in [-0.05, 0) is 37.1 Å². The number of amides is 2. The Balaban J connectivity index is 1.49. The van der Waals surface area contributed by atoms with Crippen molar-refractivity contribution in [2.45, 2.75) is 38.5 Å². The normalized spacial score (nSPS) is 14.8. The number of carbonyl (C=O) groups excluding carboxylic acids is 2. The molecule has 6 rings (SSSR count). The minimum absolute atomic E-state index is 0.0379. The van der Waals surface area contributed by atoms with Gasteiger partial charge in [0.1, 0.15) is 5.65 Å². The van der Waals surface area contributed by atoms with Crippen LogP contribution in [0.4, 0.5) is 13.2 Å². The SMILES string of the molecule is CNC(=O)c1cnc(-n2c(=O)c3c(n4ncc(Cc5ccccc5)c24)CN(C(=O)c2ccc(Br)c(C(F)(F)F)c2)C(C)C3)nc1. The van der Waals surface area contributed by atoms with Gasteiger partial charge in [-0.25, -0.2) is 19.1 Å². The first-order chi connectivity index (χ1) is 21.5. The number of halogens is 4. The highest BCUT2D eigenvalue weighted by Crippen LogP contribution is 2.36. The molecule has 2 amide bonds. The van der Waals surface area contributed by atoms with Crippen molar-refractivity contribution < 1.29 is 22.8 Å². The quantitative estimate of drug-likeness (QED) is 0.291. The first kappa shape index (κ1) is 30.2. The molecule has 1 N–H and O–H groups in total. The Bertz CT molecular complexity index is 2010. The second-order valence-corrected chi connectivity index (χ2v) is 11.5. The molecular formula is C31H25BrF3N7O3. The Morgan fingerprint density at radius 1 is 1.04 bits per heavy atom. The lowest BCUT2D eigenvalue weighted by molar-refractivity contribution is -0.138. The zero-order valence-electron chi connectivity index (χ0n) is 24.0. The number of rotatable bonds is 5. The van der Waals surface area contributed by atoms with Crippen molar-refractivity contribution in [3.05, 3.63) is 121 Å². The predicted octanol–water partition coefficient (Wildman–Crippen LogP) is 4.59. The smallest absolute Gasteiger partial charge is 0.355 e. The van der Waals surface area contributed by atoms with Gasteiger partial charge in [0.15, 0.2) is 0 Å². The molecule has 0 saturated heterocycles. The molecule has 5 aromatic rings. The van der Waals surface area contributed by atoms with Gasteiger partial charge in [-0.15, -0.1) is 0 Å². The third-order valence-electron chi connectivity index (χ3n) is 7.79. The molecule has 3 aromatic heterocycles. The molecule has 10 nitrogen and oxygen atoms in total. The Labute approximate surface area is 262 Å². The van der Waals surface area contributed by atoms with Crippen LogP contribution in [0.1, 0.15) is 55.6 Å². The van der Waals surface area contributed by atoms with Crippen LogP contribution < -0.4 is 10.9 Å². The first-order valence-corrected chi connectivity index (χ1v) is 14.7. The van der Waals surface area contributed by atoms with Crippen molar-refractivity contribution in [2.24, 2.45) is 0 Å². The van der Waals surface area contributed by atoms with Crippen molar-refractivity contribution in [3.8, 4) is 5.95 Å². The molecule has 2 aromatic carbocycles. The number of benzene rings is 2. The topological polar surface area (TPSA) is 114 Å². The minimum atomic E-state index is -4.66. The second-order valence-electron chi connectivity index (χ2n) is 10.7. The summed E-state index contributed by atoms with van der Waals surface area (Å²) < 4.78 is 43.6. The Morgan fingerprint density at radius 2 is 1.76 bits per heavy atom. The van der Waals surface area contributed by atoms with Crippen LogP contribution in [-0.2, 0) is 25.6 Å². The lowest BCUT2D eigenvalue weighted by Gasteiger charge is -2.35. The third-order valence-corrected chi connectivity index (χ3v) is 8.48. The maximum atomic E-state index is 14.2. The Morgan fingerprint density at radius 3 is 2.42 bits per heavy atom. The number of aromatic nitrogens is 5. The molecule has 1 atom stereocenters. The molecule has 0 aliphatic carbocycles. The summed E-state index contributed by atoms with van der Waals surface area (Å²) in [5, 5.41) is 7.11. The fraction of sp³-hybridized carbons (Fsp3) is 0.226. The monoisotopic (exact) mass is 679 g/mol. The number of fused-ring (bicyclic) bond motifs is 3. The summed E-state index contributed by atoms with van der Waals surface area (Å²) in [7, 11) is 1.48. The fourth-order valence-electron chi connectivity index (χ4n) is 5.52. The summed E-state index contributed by atoms with van der Waals surface area (Å²) in [6, 6.07) is 12.4. The molecular weight excluding hydrogens is 655 g/mol. The number of nitrogens with zero attached hydrogens (tertiary/aromatic N) is 6. The number of hydrogen-bond acceptors (Lipinski definition) is 6. The molecule has 0 bridgehead atoms. The van der Waals surface area contributed by atoms with Crippen LogP contribution in [0.5, 0.6) is 0 Å². The fourth-order valence-corrected chi connectivity index (χ4v) is 5.99. The van der Waals surface area contributed by atoms with Gasteiger partial charge in [0, 0.05) is 53.1 Å². The van der Waals surface area contributed by atoms with Crippen molar-refractivity contribution >= 4 is 33.4 Å². The van der Waals surface area contributed by atoms with E-state index in [9.17, 15) is 27.6 Å². The Hall–Kier alpha value is -4.85. The highest BCUT2D eigenvalue weighted by Gasteiger charge is 2.36. The average Bonchev–Trinajstić information content (AvgIpc) is 3.43. The van der Waals surface area contributed by atoms with Gasteiger partial charge in [0.25, 0.3) is 17.4 Å². The van der Waals surface area contributed by atoms with Gasteiger partial charge in [-0.3, -0.25) is 14.4 Å². The molecule has 4 heterocycles. The van der Waals surface area contributed by atoms with E-state index in [1.54, 1.807) is 17.6 Å². The summed E-state index contributed by atoms with van der Waals surface area (Å²) >= 11 is 2.92. The standard InChI is InChI=1S/C31H25BrF3N7O3/c1-17-10-22-25(16-40(17)28(44)19-8-9-24(32)23(12-19)31(33,34)35)42-27(20(15-39-42)11-18-6-4-3-5-7-18)41(29(22)45)30-37-13-21(14-38-30)26(43)36-2/h3-9,12-15,17H,10-11,16H2,1-2H3,(H,36,43). The van der Waals surface area contributed by atoms with E-state index in [2.05, 4.69) is 36.3 Å². The molecule has 1 unspecified atom stereocenters. The van der Waals surface area contributed by atoms with Crippen LogP contribution in [-0.4, -0.2) is 54.0 Å². The molecule has 0 radical (unpaired) electrons. The van der Waals surface area contributed by atoms with E-state index >= 15 is 0 Å². The van der Waals surface area contributed by atoms with Crippen molar-refractivity contribution in [3.63, 3.8) is 0 Å². The van der Waals surface area contributed by atoms with Gasteiger partial charge in [-0.2, -0.15) is 18.3 Å². The number of hydrogen-bond donors (Lipinski definition) is 1. The lowest BCUT2D eigenvalue weighted by Crippen LogP contribution is -2.46. The molecule has 0 fully saturated rings. The molecule has 0 saturated carbocycles. The lowest BCUT2D eigenvalue weighted by atomic mass is 9.98. The molecule has 1 aliphatic rings. The van der Waals surface area contributed by atoms with E-state index in [0.29, 0.717) is 28.9 Å². The Kier molecular flexibility index (Phi) is 7.77. The zero-order valence-corrected chi connectivity index (χ0v) is 25.6. The summed E-state index contributed by atoms with van der Waals surface area (Å²) in [4.78, 5) is 50.1. The van der Waals surface area contributed by atoms with E-state index in [4.69, 9.17) is 0 Å². The van der Waals surface area contributed by atoms with Crippen LogP contribution in [0.15, 0.2) is 76.4 Å². The molecule has 1 aliphatic heterocycles. The van der Waals surface area contributed by atoms with Gasteiger partial charge < -0.3 is 10.2 Å². The van der Waals surface area contributed by atoms with Crippen LogP contribution in [0.3, 0.4) is 0 Å². The van der Waals surface area contributed by atoms with Crippen molar-refractivity contribution in [1.29, 1.82) is 0 Å². The van der Waals surface area contributed by atoms with E-state index in [0.717, 1.165) is 11.6 Å². The number of alkyl halides is 3. The summed E-state index contributed by atoms with van der Waals surface area (Å²) in [6.07, 6.45) is 0.156. The maximum absolute atomic E-state index is 14.2. The first-order valence-electron chi connectivity index (χ1n) is 13.9. The van der Waals surface area contributed by atoms with Crippen molar-refractivity contribution in [1.82, 2.24) is 34.4 Å². The van der Waals surface area contributed by atoms with E-state index < -0.39 is 29.2 Å². The molecule has 0 spiro atoms. The number of carbonyl (C=O) groups is 2. The van der Waals surface area contributed by atoms with E-state index in [1.807, 2.05) is 30.3 Å². The van der Waals surface area contributed by atoms with E-state index in [-0.39, 0.29) is 40.4 Å². The maximum Gasteiger partial charge on any atom is 0.417 e. The van der Waals surface area contributed by atoms with Crippen molar-refractivity contribution in [2.75, 3.05) is 7.05 Å². The molecule has 230 valence electrons. The van der Waals surface area contributed by atoms with Crippen LogP contribution in [0, 0.1) is 0 Å². The summed E-state index contributed by atoms with van der Waals surface area (Å²) in [5.41, 5.74) is 1.55. The minimum Gasteiger partial charge on any atom is -0.355 e. The zero-order chi connectivity index (χ0) is 32.0. The second kappa shape index (κ2) is 11.6. The number of nitrogens with one attached hydrogen (secondary N) is 1. The van der Waals surface area contributed by atoms with Crippen LogP contribution in [0.25, 0.3) is 11.6 Å². The average molecular weight is 680 g/mol. The highest BCUT2D eigenvalue weighted by atomic mass is 79.9. The van der Waals surface area contributed by atoms with Gasteiger partial charge >= 0.3 is 6.18 Å². The molecule has 14 heteroatoms. The highest BCUT2D eigenvalue weighted by molar-refractivity contribution is 9.10. The third kappa shape index (κ3) is 5.50. The largest absolute Gasteiger partial charge is 0.417 e. The van der Waals surface area contributed by atoms with Gasteiger partial charge in [-0.1, -0.05) is 46.3 Å².